The SMILES string of the molecule is Cc1ccc(C=c2sc3nnc(-c4ccccc4)n3c2=O)cc1. The predicted molar refractivity (Wildman–Crippen MR) is 92.5 cm³/mol. The van der Waals surface area contributed by atoms with Crippen molar-refractivity contribution in [2.75, 3.05) is 0 Å². The normalized spacial score (nSPS) is 12.1. The second-order valence-electron chi connectivity index (χ2n) is 5.33. The van der Waals surface area contributed by atoms with Crippen LogP contribution >= 0.6 is 11.3 Å². The fourth-order valence-corrected chi connectivity index (χ4v) is 3.36. The van der Waals surface area contributed by atoms with E-state index in [9.17, 15) is 4.79 Å². The molecule has 4 nitrogen and oxygen atoms in total. The maximum absolute atomic E-state index is 12.7. The molecule has 0 amide bonds. The van der Waals surface area contributed by atoms with E-state index >= 15 is 0 Å². The van der Waals surface area contributed by atoms with Gasteiger partial charge in [0.05, 0.1) is 4.53 Å². The van der Waals surface area contributed by atoms with Crippen LogP contribution in [0.2, 0.25) is 0 Å². The average molecular weight is 319 g/mol. The van der Waals surface area contributed by atoms with Gasteiger partial charge in [0.1, 0.15) is 0 Å². The Kier molecular flexibility index (Phi) is 3.28. The molecule has 2 heterocycles. The van der Waals surface area contributed by atoms with Crippen LogP contribution in [0.25, 0.3) is 22.4 Å². The van der Waals surface area contributed by atoms with E-state index in [1.165, 1.54) is 16.9 Å². The maximum atomic E-state index is 12.7. The zero-order chi connectivity index (χ0) is 15.8. The Morgan fingerprint density at radius 1 is 1.00 bits per heavy atom. The molecule has 0 fully saturated rings. The first-order valence-electron chi connectivity index (χ1n) is 7.24. The number of hydrogen-bond donors (Lipinski definition) is 0. The molecule has 0 unspecified atom stereocenters. The number of nitrogens with zero attached hydrogens (tertiary/aromatic N) is 3. The van der Waals surface area contributed by atoms with Crippen LogP contribution in [0.4, 0.5) is 0 Å². The van der Waals surface area contributed by atoms with Gasteiger partial charge in [-0.2, -0.15) is 0 Å². The first-order chi connectivity index (χ1) is 11.2. The number of aromatic nitrogens is 3. The standard InChI is InChI=1S/C18H13N3OS/c1-12-7-9-13(10-8-12)11-15-17(22)21-16(19-20-18(21)23-15)14-5-3-2-4-6-14/h2-11H,1H3. The molecule has 2 aromatic carbocycles. The third-order valence-electron chi connectivity index (χ3n) is 3.66. The smallest absolute Gasteiger partial charge is 0.267 e. The number of fused-ring (bicyclic) bond motifs is 1. The molecule has 0 saturated heterocycles. The van der Waals surface area contributed by atoms with Crippen LogP contribution in [-0.4, -0.2) is 14.6 Å². The van der Waals surface area contributed by atoms with Crippen LogP contribution in [-0.2, 0) is 0 Å². The van der Waals surface area contributed by atoms with Gasteiger partial charge in [0.2, 0.25) is 4.96 Å². The van der Waals surface area contributed by atoms with Crippen LogP contribution in [0, 0.1) is 6.92 Å². The summed E-state index contributed by atoms with van der Waals surface area (Å²) in [7, 11) is 0. The van der Waals surface area contributed by atoms with Crippen LogP contribution in [0.3, 0.4) is 0 Å². The second-order valence-corrected chi connectivity index (χ2v) is 6.34. The summed E-state index contributed by atoms with van der Waals surface area (Å²) < 4.78 is 2.25. The van der Waals surface area contributed by atoms with Crippen LogP contribution in [0.1, 0.15) is 11.1 Å². The molecule has 0 aliphatic heterocycles. The van der Waals surface area contributed by atoms with E-state index in [-0.39, 0.29) is 5.56 Å². The topological polar surface area (TPSA) is 47.3 Å². The predicted octanol–water partition coefficient (Wildman–Crippen LogP) is 2.67. The highest BCUT2D eigenvalue weighted by molar-refractivity contribution is 7.15. The van der Waals surface area contributed by atoms with Crippen molar-refractivity contribution in [1.29, 1.82) is 0 Å². The van der Waals surface area contributed by atoms with E-state index in [4.69, 9.17) is 0 Å². The Labute approximate surface area is 136 Å². The fraction of sp³-hybridized carbons (Fsp3) is 0.0556. The average Bonchev–Trinajstić information content (AvgIpc) is 3.12. The van der Waals surface area contributed by atoms with E-state index in [1.54, 1.807) is 4.40 Å². The van der Waals surface area contributed by atoms with E-state index in [2.05, 4.69) is 10.2 Å². The minimum absolute atomic E-state index is 0.0746. The lowest BCUT2D eigenvalue weighted by molar-refractivity contribution is 1.09. The van der Waals surface area contributed by atoms with Crippen molar-refractivity contribution in [1.82, 2.24) is 14.6 Å². The first-order valence-corrected chi connectivity index (χ1v) is 8.06. The lowest BCUT2D eigenvalue weighted by atomic mass is 10.1. The second kappa shape index (κ2) is 5.44. The summed E-state index contributed by atoms with van der Waals surface area (Å²) in [6.45, 7) is 2.04. The molecule has 0 aliphatic carbocycles. The Balaban J connectivity index is 1.91. The number of hydrogen-bond acceptors (Lipinski definition) is 4. The van der Waals surface area contributed by atoms with Gasteiger partial charge in [0.15, 0.2) is 5.82 Å². The van der Waals surface area contributed by atoms with Gasteiger partial charge in [0, 0.05) is 5.56 Å². The lowest BCUT2D eigenvalue weighted by Gasteiger charge is -1.95. The first kappa shape index (κ1) is 13.8. The van der Waals surface area contributed by atoms with Crippen molar-refractivity contribution < 1.29 is 0 Å². The Morgan fingerprint density at radius 3 is 2.48 bits per heavy atom. The van der Waals surface area contributed by atoms with Gasteiger partial charge in [0.25, 0.3) is 5.56 Å². The summed E-state index contributed by atoms with van der Waals surface area (Å²) in [5, 5.41) is 8.30. The summed E-state index contributed by atoms with van der Waals surface area (Å²) >= 11 is 1.36. The Morgan fingerprint density at radius 2 is 1.74 bits per heavy atom. The van der Waals surface area contributed by atoms with Crippen LogP contribution in [0.15, 0.2) is 59.4 Å². The molecule has 112 valence electrons. The minimum atomic E-state index is -0.0746. The molecule has 0 bridgehead atoms. The summed E-state index contributed by atoms with van der Waals surface area (Å²) in [6, 6.07) is 17.7. The monoisotopic (exact) mass is 319 g/mol. The van der Waals surface area contributed by atoms with Crippen LogP contribution < -0.4 is 10.1 Å². The van der Waals surface area contributed by atoms with E-state index < -0.39 is 0 Å². The van der Waals surface area contributed by atoms with Gasteiger partial charge in [-0.15, -0.1) is 10.2 Å². The molecule has 4 rings (SSSR count). The van der Waals surface area contributed by atoms with E-state index in [1.807, 2.05) is 67.6 Å². The van der Waals surface area contributed by atoms with Crippen LogP contribution in [0.5, 0.6) is 0 Å². The van der Waals surface area contributed by atoms with Gasteiger partial charge < -0.3 is 0 Å². The highest BCUT2D eigenvalue weighted by atomic mass is 32.1. The molecule has 4 aromatic rings. The molecule has 2 aromatic heterocycles. The molecule has 5 heteroatoms. The summed E-state index contributed by atoms with van der Waals surface area (Å²) in [5.74, 6) is 0.588. The van der Waals surface area contributed by atoms with Crippen molar-refractivity contribution in [3.8, 4) is 11.4 Å². The number of rotatable bonds is 2. The summed E-state index contributed by atoms with van der Waals surface area (Å²) in [6.07, 6.45) is 1.90. The van der Waals surface area contributed by atoms with Crippen molar-refractivity contribution in [3.05, 3.63) is 80.6 Å². The maximum Gasteiger partial charge on any atom is 0.276 e. The highest BCUT2D eigenvalue weighted by Gasteiger charge is 2.13. The quantitative estimate of drug-likeness (QED) is 0.571. The van der Waals surface area contributed by atoms with Crippen molar-refractivity contribution in [2.45, 2.75) is 6.92 Å². The molecule has 0 radical (unpaired) electrons. The number of thiazole rings is 1. The fourth-order valence-electron chi connectivity index (χ4n) is 2.45. The Bertz CT molecular complexity index is 1080. The molecular formula is C18H13N3OS. The lowest BCUT2D eigenvalue weighted by Crippen LogP contribution is -2.23. The van der Waals surface area contributed by atoms with E-state index in [0.29, 0.717) is 15.3 Å². The van der Waals surface area contributed by atoms with Crippen molar-refractivity contribution in [2.24, 2.45) is 0 Å². The van der Waals surface area contributed by atoms with Gasteiger partial charge in [-0.05, 0) is 18.6 Å². The molecular weight excluding hydrogens is 306 g/mol. The highest BCUT2D eigenvalue weighted by Crippen LogP contribution is 2.17. The molecule has 23 heavy (non-hydrogen) atoms. The molecule has 0 spiro atoms. The van der Waals surface area contributed by atoms with Gasteiger partial charge >= 0.3 is 0 Å². The molecule has 0 atom stereocenters. The third-order valence-corrected chi connectivity index (χ3v) is 4.61. The van der Waals surface area contributed by atoms with Gasteiger partial charge in [-0.25, -0.2) is 4.40 Å². The Hall–Kier alpha value is -2.79. The largest absolute Gasteiger partial charge is 0.276 e. The number of aryl methyl sites for hydroxylation is 1. The van der Waals surface area contributed by atoms with Crippen molar-refractivity contribution >= 4 is 22.4 Å². The molecule has 0 N–H and O–H groups in total. The zero-order valence-corrected chi connectivity index (χ0v) is 13.2. The number of benzene rings is 2. The van der Waals surface area contributed by atoms with Gasteiger partial charge in [-0.3, -0.25) is 4.79 Å². The van der Waals surface area contributed by atoms with E-state index in [0.717, 1.165) is 11.1 Å². The van der Waals surface area contributed by atoms with Crippen molar-refractivity contribution in [3.63, 3.8) is 0 Å². The molecule has 0 saturated carbocycles. The third kappa shape index (κ3) is 2.45. The van der Waals surface area contributed by atoms with Gasteiger partial charge in [-0.1, -0.05) is 71.5 Å². The molecule has 0 aliphatic rings. The minimum Gasteiger partial charge on any atom is -0.267 e. The summed E-state index contributed by atoms with van der Waals surface area (Å²) in [4.78, 5) is 13.3. The summed E-state index contributed by atoms with van der Waals surface area (Å²) in [5.41, 5.74) is 3.01. The zero-order valence-electron chi connectivity index (χ0n) is 12.4.